The van der Waals surface area contributed by atoms with Gasteiger partial charge in [0.25, 0.3) is 5.91 Å². The lowest BCUT2D eigenvalue weighted by Gasteiger charge is -2.31. The van der Waals surface area contributed by atoms with Gasteiger partial charge in [0.1, 0.15) is 0 Å². The monoisotopic (exact) mass is 372 g/mol. The van der Waals surface area contributed by atoms with Gasteiger partial charge in [0, 0.05) is 17.8 Å². The number of hydrogen-bond acceptors (Lipinski definition) is 3. The number of benzene rings is 2. The van der Waals surface area contributed by atoms with Gasteiger partial charge in [0.2, 0.25) is 10.0 Å². The highest BCUT2D eigenvalue weighted by molar-refractivity contribution is 7.92. The molecule has 0 saturated heterocycles. The van der Waals surface area contributed by atoms with Crippen LogP contribution in [0.2, 0.25) is 0 Å². The van der Waals surface area contributed by atoms with Crippen LogP contribution >= 0.6 is 0 Å². The van der Waals surface area contributed by atoms with Gasteiger partial charge >= 0.3 is 0 Å². The van der Waals surface area contributed by atoms with Gasteiger partial charge < -0.3 is 5.32 Å². The number of sulfonamides is 1. The summed E-state index contributed by atoms with van der Waals surface area (Å²) < 4.78 is 26.7. The van der Waals surface area contributed by atoms with E-state index in [1.807, 2.05) is 44.2 Å². The minimum absolute atomic E-state index is 0.131. The second-order valence-electron chi connectivity index (χ2n) is 6.60. The van der Waals surface area contributed by atoms with Crippen molar-refractivity contribution in [3.05, 3.63) is 59.2 Å². The molecule has 0 radical (unpaired) electrons. The zero-order valence-electron chi connectivity index (χ0n) is 15.2. The molecule has 0 unspecified atom stereocenters. The minimum Gasteiger partial charge on any atom is -0.322 e. The third kappa shape index (κ3) is 3.75. The van der Waals surface area contributed by atoms with Crippen molar-refractivity contribution in [1.82, 2.24) is 0 Å². The van der Waals surface area contributed by atoms with E-state index in [4.69, 9.17) is 0 Å². The number of carbonyl (C=O) groups is 1. The average Bonchev–Trinajstić information content (AvgIpc) is 2.61. The first-order chi connectivity index (χ1) is 12.4. The first-order valence-electron chi connectivity index (χ1n) is 8.92. The van der Waals surface area contributed by atoms with E-state index in [-0.39, 0.29) is 11.7 Å². The van der Waals surface area contributed by atoms with E-state index in [0.717, 1.165) is 24.0 Å². The SMILES string of the molecule is CCCS(=O)(=O)N1CCCc2ccc(NC(=O)c3ccccc3C)cc21. The van der Waals surface area contributed by atoms with Crippen molar-refractivity contribution in [2.75, 3.05) is 21.9 Å². The number of carbonyl (C=O) groups excluding carboxylic acids is 1. The Morgan fingerprint density at radius 1 is 1.19 bits per heavy atom. The fourth-order valence-electron chi connectivity index (χ4n) is 3.30. The molecule has 6 heteroatoms. The Balaban J connectivity index is 1.90. The first kappa shape index (κ1) is 18.5. The standard InChI is InChI=1S/C20H24N2O3S/c1-3-13-26(24,25)22-12-6-8-16-10-11-17(14-19(16)22)21-20(23)18-9-5-4-7-15(18)2/h4-5,7,9-11,14H,3,6,8,12-13H2,1-2H3,(H,21,23). The van der Waals surface area contributed by atoms with E-state index in [2.05, 4.69) is 5.32 Å². The summed E-state index contributed by atoms with van der Waals surface area (Å²) in [7, 11) is -3.33. The fraction of sp³-hybridized carbons (Fsp3) is 0.350. The molecule has 1 aliphatic heterocycles. The van der Waals surface area contributed by atoms with Crippen LogP contribution in [0.25, 0.3) is 0 Å². The topological polar surface area (TPSA) is 66.5 Å². The van der Waals surface area contributed by atoms with Gasteiger partial charge in [-0.1, -0.05) is 31.2 Å². The summed E-state index contributed by atoms with van der Waals surface area (Å²) in [5.41, 5.74) is 3.81. The van der Waals surface area contributed by atoms with Gasteiger partial charge in [0.15, 0.2) is 0 Å². The van der Waals surface area contributed by atoms with Crippen molar-refractivity contribution in [2.45, 2.75) is 33.1 Å². The average molecular weight is 372 g/mol. The Labute approximate surface area is 155 Å². The molecule has 0 aromatic heterocycles. The molecule has 26 heavy (non-hydrogen) atoms. The van der Waals surface area contributed by atoms with Crippen LogP contribution in [0, 0.1) is 6.92 Å². The van der Waals surface area contributed by atoms with E-state index >= 15 is 0 Å². The summed E-state index contributed by atoms with van der Waals surface area (Å²) in [5.74, 6) is -0.0616. The van der Waals surface area contributed by atoms with Crippen LogP contribution in [0.4, 0.5) is 11.4 Å². The Hall–Kier alpha value is -2.34. The van der Waals surface area contributed by atoms with Gasteiger partial charge in [-0.05, 0) is 55.5 Å². The Bertz CT molecular complexity index is 922. The highest BCUT2D eigenvalue weighted by Crippen LogP contribution is 2.32. The molecular weight excluding hydrogens is 348 g/mol. The number of anilines is 2. The van der Waals surface area contributed by atoms with Crippen LogP contribution < -0.4 is 9.62 Å². The predicted molar refractivity (Wildman–Crippen MR) is 105 cm³/mol. The maximum atomic E-state index is 12.6. The predicted octanol–water partition coefficient (Wildman–Crippen LogP) is 3.74. The molecule has 0 saturated carbocycles. The second kappa shape index (κ2) is 7.50. The zero-order valence-corrected chi connectivity index (χ0v) is 16.0. The van der Waals surface area contributed by atoms with Gasteiger partial charge in [-0.3, -0.25) is 9.10 Å². The van der Waals surface area contributed by atoms with Crippen molar-refractivity contribution in [1.29, 1.82) is 0 Å². The lowest BCUT2D eigenvalue weighted by atomic mass is 10.0. The zero-order chi connectivity index (χ0) is 18.7. The molecule has 1 N–H and O–H groups in total. The molecular formula is C20H24N2O3S. The van der Waals surface area contributed by atoms with Crippen LogP contribution in [0.1, 0.15) is 41.3 Å². The number of amides is 1. The van der Waals surface area contributed by atoms with E-state index in [0.29, 0.717) is 29.9 Å². The van der Waals surface area contributed by atoms with Crippen molar-refractivity contribution in [3.63, 3.8) is 0 Å². The molecule has 138 valence electrons. The van der Waals surface area contributed by atoms with E-state index in [9.17, 15) is 13.2 Å². The molecule has 5 nitrogen and oxygen atoms in total. The summed E-state index contributed by atoms with van der Waals surface area (Å²) in [5, 5.41) is 2.89. The summed E-state index contributed by atoms with van der Waals surface area (Å²) >= 11 is 0. The molecule has 1 heterocycles. The Morgan fingerprint density at radius 3 is 2.69 bits per heavy atom. The largest absolute Gasteiger partial charge is 0.322 e. The molecule has 1 aliphatic rings. The normalized spacial score (nSPS) is 14.0. The van der Waals surface area contributed by atoms with Crippen molar-refractivity contribution < 1.29 is 13.2 Å². The van der Waals surface area contributed by atoms with Crippen molar-refractivity contribution >= 4 is 27.3 Å². The van der Waals surface area contributed by atoms with Crippen LogP contribution in [-0.4, -0.2) is 26.6 Å². The first-order valence-corrected chi connectivity index (χ1v) is 10.5. The van der Waals surface area contributed by atoms with Gasteiger partial charge in [-0.15, -0.1) is 0 Å². The van der Waals surface area contributed by atoms with E-state index in [1.165, 1.54) is 4.31 Å². The Morgan fingerprint density at radius 2 is 1.96 bits per heavy atom. The molecule has 0 spiro atoms. The molecule has 0 aliphatic carbocycles. The number of aryl methyl sites for hydroxylation is 2. The van der Waals surface area contributed by atoms with Crippen LogP contribution in [0.3, 0.4) is 0 Å². The quantitative estimate of drug-likeness (QED) is 0.869. The number of rotatable bonds is 5. The minimum atomic E-state index is -3.33. The third-order valence-corrected chi connectivity index (χ3v) is 6.58. The van der Waals surface area contributed by atoms with Crippen molar-refractivity contribution in [2.24, 2.45) is 0 Å². The van der Waals surface area contributed by atoms with Gasteiger partial charge in [-0.25, -0.2) is 8.42 Å². The van der Waals surface area contributed by atoms with Gasteiger partial charge in [0.05, 0.1) is 11.4 Å². The lowest BCUT2D eigenvalue weighted by Crippen LogP contribution is -2.37. The lowest BCUT2D eigenvalue weighted by molar-refractivity contribution is 0.102. The molecule has 2 aromatic rings. The van der Waals surface area contributed by atoms with Gasteiger partial charge in [-0.2, -0.15) is 0 Å². The van der Waals surface area contributed by atoms with Crippen molar-refractivity contribution in [3.8, 4) is 0 Å². The third-order valence-electron chi connectivity index (χ3n) is 4.61. The molecule has 0 atom stereocenters. The number of hydrogen-bond donors (Lipinski definition) is 1. The summed E-state index contributed by atoms with van der Waals surface area (Å²) in [4.78, 5) is 12.5. The van der Waals surface area contributed by atoms with E-state index < -0.39 is 10.0 Å². The number of fused-ring (bicyclic) bond motifs is 1. The maximum absolute atomic E-state index is 12.6. The second-order valence-corrected chi connectivity index (χ2v) is 8.62. The van der Waals surface area contributed by atoms with E-state index in [1.54, 1.807) is 12.1 Å². The number of nitrogens with one attached hydrogen (secondary N) is 1. The maximum Gasteiger partial charge on any atom is 0.255 e. The summed E-state index contributed by atoms with van der Waals surface area (Å²) in [6.45, 7) is 4.24. The molecule has 2 aromatic carbocycles. The molecule has 3 rings (SSSR count). The van der Waals surface area contributed by atoms with Crippen LogP contribution in [-0.2, 0) is 16.4 Å². The molecule has 0 bridgehead atoms. The van der Waals surface area contributed by atoms with Crippen LogP contribution in [0.5, 0.6) is 0 Å². The molecule has 0 fully saturated rings. The highest BCUT2D eigenvalue weighted by atomic mass is 32.2. The highest BCUT2D eigenvalue weighted by Gasteiger charge is 2.27. The summed E-state index contributed by atoms with van der Waals surface area (Å²) in [6, 6.07) is 12.9. The summed E-state index contributed by atoms with van der Waals surface area (Å²) in [6.07, 6.45) is 2.24. The smallest absolute Gasteiger partial charge is 0.255 e. The molecule has 1 amide bonds. The van der Waals surface area contributed by atoms with Crippen LogP contribution in [0.15, 0.2) is 42.5 Å². The number of nitrogens with zero attached hydrogens (tertiary/aromatic N) is 1. The Kier molecular flexibility index (Phi) is 5.32. The fourth-order valence-corrected chi connectivity index (χ4v) is 4.92.